The molecule has 0 unspecified atom stereocenters. The lowest BCUT2D eigenvalue weighted by Gasteiger charge is -2.37. The summed E-state index contributed by atoms with van der Waals surface area (Å²) in [4.78, 5) is 38.9. The van der Waals surface area contributed by atoms with Crippen LogP contribution in [-0.4, -0.2) is 57.6 Å². The number of fused-ring (bicyclic) bond motifs is 1. The first-order chi connectivity index (χ1) is 14.6. The van der Waals surface area contributed by atoms with Crippen LogP contribution in [0.5, 0.6) is 0 Å². The molecule has 0 heterocycles. The summed E-state index contributed by atoms with van der Waals surface area (Å²) >= 11 is 0. The van der Waals surface area contributed by atoms with Gasteiger partial charge in [0.15, 0.2) is 5.41 Å². The SMILES string of the molecule is COCCCC(C(=O)OC)(C(=O)OC)[C@@H]1c2ccccc2C[C@H]1NC(=O)OC(C)(C)C. The zero-order valence-corrected chi connectivity index (χ0v) is 19.2. The molecule has 0 spiro atoms. The highest BCUT2D eigenvalue weighted by molar-refractivity contribution is 6.01. The number of nitrogens with one attached hydrogen (secondary N) is 1. The van der Waals surface area contributed by atoms with Crippen LogP contribution >= 0.6 is 0 Å². The molecule has 0 bridgehead atoms. The fourth-order valence-electron chi connectivity index (χ4n) is 4.35. The molecule has 172 valence electrons. The maximum Gasteiger partial charge on any atom is 0.407 e. The van der Waals surface area contributed by atoms with Crippen molar-refractivity contribution < 1.29 is 33.3 Å². The number of alkyl carbamates (subject to hydrolysis) is 1. The minimum Gasteiger partial charge on any atom is -0.468 e. The molecule has 0 aliphatic heterocycles. The van der Waals surface area contributed by atoms with Crippen molar-refractivity contribution in [2.45, 2.75) is 57.6 Å². The Balaban J connectivity index is 2.56. The van der Waals surface area contributed by atoms with E-state index in [4.69, 9.17) is 18.9 Å². The largest absolute Gasteiger partial charge is 0.468 e. The topological polar surface area (TPSA) is 100 Å². The Kier molecular flexibility index (Phi) is 8.06. The summed E-state index contributed by atoms with van der Waals surface area (Å²) < 4.78 is 20.8. The highest BCUT2D eigenvalue weighted by Gasteiger charge is 2.59. The number of benzene rings is 1. The number of esters is 2. The Bertz CT molecular complexity index is 783. The Labute approximate surface area is 183 Å². The van der Waals surface area contributed by atoms with Crippen LogP contribution < -0.4 is 5.32 Å². The van der Waals surface area contributed by atoms with Crippen LogP contribution in [-0.2, 0) is 35.0 Å². The fourth-order valence-corrected chi connectivity index (χ4v) is 4.35. The molecule has 2 atom stereocenters. The van der Waals surface area contributed by atoms with E-state index in [0.717, 1.165) is 11.1 Å². The van der Waals surface area contributed by atoms with Gasteiger partial charge in [0.05, 0.1) is 14.2 Å². The third-order valence-electron chi connectivity index (χ3n) is 5.48. The van der Waals surface area contributed by atoms with Crippen molar-refractivity contribution in [2.75, 3.05) is 27.9 Å². The molecule has 0 saturated heterocycles. The Morgan fingerprint density at radius 3 is 2.19 bits per heavy atom. The van der Waals surface area contributed by atoms with Gasteiger partial charge >= 0.3 is 18.0 Å². The van der Waals surface area contributed by atoms with Crippen LogP contribution in [0.4, 0.5) is 4.79 Å². The smallest absolute Gasteiger partial charge is 0.407 e. The average Bonchev–Trinajstić information content (AvgIpc) is 3.06. The number of amides is 1. The van der Waals surface area contributed by atoms with Gasteiger partial charge in [0, 0.05) is 25.7 Å². The zero-order chi connectivity index (χ0) is 23.2. The standard InChI is InChI=1S/C23H33NO7/c1-22(2,3)31-21(27)24-17-14-15-10-7-8-11-16(15)18(17)23(19(25)29-5,20(26)30-6)12-9-13-28-4/h7-8,10-11,17-18H,9,12-14H2,1-6H3,(H,24,27)/t17-,18-/m1/s1. The summed E-state index contributed by atoms with van der Waals surface area (Å²) in [6.45, 7) is 5.66. The Morgan fingerprint density at radius 1 is 1.03 bits per heavy atom. The Morgan fingerprint density at radius 2 is 1.65 bits per heavy atom. The van der Waals surface area contributed by atoms with Crippen LogP contribution in [0.2, 0.25) is 0 Å². The summed E-state index contributed by atoms with van der Waals surface area (Å²) in [7, 11) is 4.04. The molecule has 1 amide bonds. The molecule has 1 N–H and O–H groups in total. The fraction of sp³-hybridized carbons (Fsp3) is 0.609. The van der Waals surface area contributed by atoms with E-state index in [0.29, 0.717) is 19.4 Å². The molecule has 1 aliphatic carbocycles. The number of carbonyl (C=O) groups is 3. The summed E-state index contributed by atoms with van der Waals surface area (Å²) in [6, 6.07) is 6.96. The molecule has 8 nitrogen and oxygen atoms in total. The minimum absolute atomic E-state index is 0.145. The summed E-state index contributed by atoms with van der Waals surface area (Å²) in [6.07, 6.45) is 0.403. The van der Waals surface area contributed by atoms with Gasteiger partial charge < -0.3 is 24.3 Å². The molecule has 2 rings (SSSR count). The Hall–Kier alpha value is -2.61. The van der Waals surface area contributed by atoms with E-state index >= 15 is 0 Å². The summed E-state index contributed by atoms with van der Waals surface area (Å²) in [5, 5.41) is 2.88. The van der Waals surface area contributed by atoms with Gasteiger partial charge in [-0.05, 0) is 51.2 Å². The molecule has 0 radical (unpaired) electrons. The predicted molar refractivity (Wildman–Crippen MR) is 114 cm³/mol. The lowest BCUT2D eigenvalue weighted by molar-refractivity contribution is -0.173. The first-order valence-electron chi connectivity index (χ1n) is 10.3. The third-order valence-corrected chi connectivity index (χ3v) is 5.48. The molecule has 0 aromatic heterocycles. The van der Waals surface area contributed by atoms with E-state index in [1.807, 2.05) is 24.3 Å². The highest BCUT2D eigenvalue weighted by atomic mass is 16.6. The van der Waals surface area contributed by atoms with Gasteiger partial charge in [-0.15, -0.1) is 0 Å². The molecular weight excluding hydrogens is 402 g/mol. The maximum absolute atomic E-state index is 13.2. The molecule has 1 aliphatic rings. The molecule has 1 aromatic rings. The van der Waals surface area contributed by atoms with Crippen molar-refractivity contribution in [1.82, 2.24) is 5.32 Å². The molecule has 0 saturated carbocycles. The van der Waals surface area contributed by atoms with Gasteiger partial charge in [-0.1, -0.05) is 24.3 Å². The van der Waals surface area contributed by atoms with E-state index in [1.54, 1.807) is 27.9 Å². The molecular formula is C23H33NO7. The molecule has 31 heavy (non-hydrogen) atoms. The monoisotopic (exact) mass is 435 g/mol. The van der Waals surface area contributed by atoms with E-state index in [-0.39, 0.29) is 6.42 Å². The van der Waals surface area contributed by atoms with Crippen molar-refractivity contribution >= 4 is 18.0 Å². The quantitative estimate of drug-likeness (QED) is 0.290. The first-order valence-corrected chi connectivity index (χ1v) is 10.3. The van der Waals surface area contributed by atoms with E-state index in [1.165, 1.54) is 14.2 Å². The summed E-state index contributed by atoms with van der Waals surface area (Å²) in [5.41, 5.74) is -0.589. The van der Waals surface area contributed by atoms with Crippen LogP contribution in [0.25, 0.3) is 0 Å². The van der Waals surface area contributed by atoms with Gasteiger partial charge in [-0.25, -0.2) is 4.79 Å². The van der Waals surface area contributed by atoms with Crippen LogP contribution in [0.15, 0.2) is 24.3 Å². The lowest BCUT2D eigenvalue weighted by atomic mass is 9.67. The second-order valence-corrected chi connectivity index (χ2v) is 8.68. The van der Waals surface area contributed by atoms with Gasteiger partial charge in [0.1, 0.15) is 5.60 Å². The van der Waals surface area contributed by atoms with Crippen molar-refractivity contribution in [3.63, 3.8) is 0 Å². The minimum atomic E-state index is -1.64. The number of methoxy groups -OCH3 is 3. The van der Waals surface area contributed by atoms with Gasteiger partial charge in [-0.3, -0.25) is 9.59 Å². The highest BCUT2D eigenvalue weighted by Crippen LogP contribution is 2.49. The second kappa shape index (κ2) is 10.1. The third kappa shape index (κ3) is 5.36. The molecule has 1 aromatic carbocycles. The molecule has 8 heteroatoms. The number of carbonyl (C=O) groups excluding carboxylic acids is 3. The predicted octanol–water partition coefficient (Wildman–Crippen LogP) is 2.98. The number of ether oxygens (including phenoxy) is 4. The van der Waals surface area contributed by atoms with Gasteiger partial charge in [-0.2, -0.15) is 0 Å². The van der Waals surface area contributed by atoms with Crippen LogP contribution in [0.3, 0.4) is 0 Å². The molecule has 0 fully saturated rings. The van der Waals surface area contributed by atoms with Crippen LogP contribution in [0, 0.1) is 5.41 Å². The average molecular weight is 436 g/mol. The summed E-state index contributed by atoms with van der Waals surface area (Å²) in [5.74, 6) is -2.09. The van der Waals surface area contributed by atoms with Crippen molar-refractivity contribution in [3.8, 4) is 0 Å². The second-order valence-electron chi connectivity index (χ2n) is 8.68. The number of hydrogen-bond donors (Lipinski definition) is 1. The van der Waals surface area contributed by atoms with Crippen molar-refractivity contribution in [3.05, 3.63) is 35.4 Å². The van der Waals surface area contributed by atoms with E-state index < -0.39 is 41.0 Å². The normalized spacial score (nSPS) is 18.1. The van der Waals surface area contributed by atoms with Gasteiger partial charge in [0.2, 0.25) is 0 Å². The van der Waals surface area contributed by atoms with Crippen molar-refractivity contribution in [1.29, 1.82) is 0 Å². The maximum atomic E-state index is 13.2. The number of hydrogen-bond acceptors (Lipinski definition) is 7. The zero-order valence-electron chi connectivity index (χ0n) is 19.2. The van der Waals surface area contributed by atoms with Crippen LogP contribution in [0.1, 0.15) is 50.7 Å². The van der Waals surface area contributed by atoms with Gasteiger partial charge in [0.25, 0.3) is 0 Å². The van der Waals surface area contributed by atoms with E-state index in [9.17, 15) is 14.4 Å². The van der Waals surface area contributed by atoms with Crippen molar-refractivity contribution in [2.24, 2.45) is 5.41 Å². The van der Waals surface area contributed by atoms with E-state index in [2.05, 4.69) is 5.32 Å². The lowest BCUT2D eigenvalue weighted by Crippen LogP contribution is -2.53. The number of rotatable bonds is 8. The first kappa shape index (κ1) is 24.7.